The molecule has 0 aliphatic carbocycles. The number of thiophene rings is 1. The molecule has 0 saturated carbocycles. The van der Waals surface area contributed by atoms with E-state index >= 15 is 0 Å². The number of aromatic nitrogens is 2. The van der Waals surface area contributed by atoms with E-state index in [1.54, 1.807) is 22.4 Å². The van der Waals surface area contributed by atoms with E-state index in [0.29, 0.717) is 37.7 Å². The molecular weight excluding hydrogens is 328 g/mol. The van der Waals surface area contributed by atoms with Gasteiger partial charge >= 0.3 is 6.09 Å². The van der Waals surface area contributed by atoms with E-state index in [9.17, 15) is 9.59 Å². The first kappa shape index (κ1) is 16.5. The van der Waals surface area contributed by atoms with E-state index in [4.69, 9.17) is 4.74 Å². The third kappa shape index (κ3) is 4.35. The number of hydrogen-bond acceptors (Lipinski definition) is 5. The Morgan fingerprint density at radius 2 is 2.25 bits per heavy atom. The van der Waals surface area contributed by atoms with Gasteiger partial charge in [0, 0.05) is 31.4 Å². The van der Waals surface area contributed by atoms with Crippen LogP contribution in [0.5, 0.6) is 0 Å². The highest BCUT2D eigenvalue weighted by Crippen LogP contribution is 2.18. The van der Waals surface area contributed by atoms with E-state index in [1.165, 1.54) is 6.20 Å². The summed E-state index contributed by atoms with van der Waals surface area (Å²) in [6.45, 7) is 2.26. The molecule has 0 unspecified atom stereocenters. The molecule has 0 aromatic carbocycles. The van der Waals surface area contributed by atoms with Crippen LogP contribution in [0.1, 0.15) is 28.8 Å². The van der Waals surface area contributed by atoms with Crippen molar-refractivity contribution in [3.05, 3.63) is 40.3 Å². The van der Waals surface area contributed by atoms with E-state index in [2.05, 4.69) is 15.5 Å². The summed E-state index contributed by atoms with van der Waals surface area (Å²) in [6, 6.07) is 1.95. The summed E-state index contributed by atoms with van der Waals surface area (Å²) in [5.74, 6) is 0.253. The average molecular weight is 348 g/mol. The summed E-state index contributed by atoms with van der Waals surface area (Å²) in [7, 11) is 0. The van der Waals surface area contributed by atoms with Crippen LogP contribution in [-0.4, -0.2) is 46.7 Å². The van der Waals surface area contributed by atoms with Crippen molar-refractivity contribution in [2.24, 2.45) is 5.92 Å². The molecule has 1 aliphatic heterocycles. The summed E-state index contributed by atoms with van der Waals surface area (Å²) in [5, 5.41) is 13.2. The molecule has 2 aromatic rings. The van der Waals surface area contributed by atoms with Gasteiger partial charge in [-0.3, -0.25) is 9.89 Å². The Labute approximate surface area is 144 Å². The maximum absolute atomic E-state index is 12.0. The van der Waals surface area contributed by atoms with Crippen LogP contribution in [0.25, 0.3) is 0 Å². The lowest BCUT2D eigenvalue weighted by Gasteiger charge is -2.31. The van der Waals surface area contributed by atoms with Crippen molar-refractivity contribution in [1.82, 2.24) is 20.4 Å². The molecule has 0 spiro atoms. The number of amides is 2. The number of nitrogens with zero attached hydrogens (tertiary/aromatic N) is 2. The molecule has 0 bridgehead atoms. The number of likely N-dealkylation sites (tertiary alicyclic amines) is 1. The second-order valence-corrected chi connectivity index (χ2v) is 6.59. The van der Waals surface area contributed by atoms with Gasteiger partial charge in [0.1, 0.15) is 6.61 Å². The molecular formula is C16H20N4O3S. The molecule has 7 nitrogen and oxygen atoms in total. The lowest BCUT2D eigenvalue weighted by Crippen LogP contribution is -2.41. The highest BCUT2D eigenvalue weighted by Gasteiger charge is 2.24. The van der Waals surface area contributed by atoms with Crippen LogP contribution < -0.4 is 5.32 Å². The highest BCUT2D eigenvalue weighted by atomic mass is 32.1. The first-order chi connectivity index (χ1) is 11.7. The molecule has 8 heteroatoms. The SMILES string of the molecule is O=C(NCC1CCN(C(=O)OCc2ccsc2)CC1)c1cn[nH]c1. The van der Waals surface area contributed by atoms with Gasteiger partial charge in [-0.05, 0) is 35.6 Å². The third-order valence-corrected chi connectivity index (χ3v) is 4.86. The Balaban J connectivity index is 1.36. The zero-order chi connectivity index (χ0) is 16.8. The molecule has 1 aliphatic rings. The highest BCUT2D eigenvalue weighted by molar-refractivity contribution is 7.07. The molecule has 128 valence electrons. The van der Waals surface area contributed by atoms with Gasteiger partial charge in [0.15, 0.2) is 0 Å². The number of aromatic amines is 1. The molecule has 1 fully saturated rings. The van der Waals surface area contributed by atoms with Crippen LogP contribution in [0.15, 0.2) is 29.2 Å². The van der Waals surface area contributed by atoms with Crippen LogP contribution in [0.3, 0.4) is 0 Å². The van der Waals surface area contributed by atoms with Crippen LogP contribution in [0, 0.1) is 5.92 Å². The minimum atomic E-state index is -0.262. The van der Waals surface area contributed by atoms with Gasteiger partial charge in [-0.2, -0.15) is 16.4 Å². The van der Waals surface area contributed by atoms with Crippen LogP contribution >= 0.6 is 11.3 Å². The predicted molar refractivity (Wildman–Crippen MR) is 89.7 cm³/mol. The Hall–Kier alpha value is -2.35. The first-order valence-electron chi connectivity index (χ1n) is 7.92. The topological polar surface area (TPSA) is 87.3 Å². The molecule has 2 N–H and O–H groups in total. The number of piperidine rings is 1. The summed E-state index contributed by atoms with van der Waals surface area (Å²) >= 11 is 1.59. The fourth-order valence-corrected chi connectivity index (χ4v) is 3.30. The van der Waals surface area contributed by atoms with Crippen molar-refractivity contribution in [2.75, 3.05) is 19.6 Å². The van der Waals surface area contributed by atoms with E-state index in [-0.39, 0.29) is 12.0 Å². The van der Waals surface area contributed by atoms with Crippen molar-refractivity contribution in [3.8, 4) is 0 Å². The van der Waals surface area contributed by atoms with E-state index in [0.717, 1.165) is 18.4 Å². The van der Waals surface area contributed by atoms with Gasteiger partial charge in [0.25, 0.3) is 5.91 Å². The molecule has 0 radical (unpaired) electrons. The number of carbonyl (C=O) groups excluding carboxylic acids is 2. The summed E-state index contributed by atoms with van der Waals surface area (Å²) in [4.78, 5) is 25.6. The van der Waals surface area contributed by atoms with Gasteiger partial charge in [0.2, 0.25) is 0 Å². The van der Waals surface area contributed by atoms with Crippen molar-refractivity contribution in [3.63, 3.8) is 0 Å². The predicted octanol–water partition coefficient (Wildman–Crippen LogP) is 2.25. The number of rotatable bonds is 5. The average Bonchev–Trinajstić information content (AvgIpc) is 3.31. The Kier molecular flexibility index (Phi) is 5.47. The summed E-state index contributed by atoms with van der Waals surface area (Å²) in [6.07, 6.45) is 4.53. The van der Waals surface area contributed by atoms with Crippen molar-refractivity contribution in [2.45, 2.75) is 19.4 Å². The zero-order valence-corrected chi connectivity index (χ0v) is 14.1. The van der Waals surface area contributed by atoms with Crippen molar-refractivity contribution >= 4 is 23.3 Å². The summed E-state index contributed by atoms with van der Waals surface area (Å²) < 4.78 is 5.32. The molecule has 24 heavy (non-hydrogen) atoms. The lowest BCUT2D eigenvalue weighted by atomic mass is 9.97. The Bertz CT molecular complexity index is 649. The van der Waals surface area contributed by atoms with Gasteiger partial charge < -0.3 is 15.0 Å². The normalized spacial score (nSPS) is 15.2. The quantitative estimate of drug-likeness (QED) is 0.867. The van der Waals surface area contributed by atoms with Gasteiger partial charge in [-0.1, -0.05) is 0 Å². The van der Waals surface area contributed by atoms with E-state index in [1.807, 2.05) is 16.8 Å². The number of ether oxygens (including phenoxy) is 1. The fourth-order valence-electron chi connectivity index (χ4n) is 2.64. The van der Waals surface area contributed by atoms with Gasteiger partial charge in [-0.15, -0.1) is 0 Å². The van der Waals surface area contributed by atoms with E-state index < -0.39 is 0 Å². The zero-order valence-electron chi connectivity index (χ0n) is 13.2. The maximum Gasteiger partial charge on any atom is 0.410 e. The van der Waals surface area contributed by atoms with Crippen molar-refractivity contribution < 1.29 is 14.3 Å². The number of nitrogens with one attached hydrogen (secondary N) is 2. The monoisotopic (exact) mass is 348 g/mol. The third-order valence-electron chi connectivity index (χ3n) is 4.13. The standard InChI is InChI=1S/C16H20N4O3S/c21-15(14-8-18-19-9-14)17-7-12-1-4-20(5-2-12)16(22)23-10-13-3-6-24-11-13/h3,6,8-9,11-12H,1-2,4-5,7,10H2,(H,17,21)(H,18,19). The lowest BCUT2D eigenvalue weighted by molar-refractivity contribution is 0.0801. The number of H-pyrrole nitrogens is 1. The number of carbonyl (C=O) groups is 2. The molecule has 3 rings (SSSR count). The molecule has 3 heterocycles. The van der Waals surface area contributed by atoms with Crippen LogP contribution in [0.4, 0.5) is 4.79 Å². The van der Waals surface area contributed by atoms with Gasteiger partial charge in [0.05, 0.1) is 11.8 Å². The second kappa shape index (κ2) is 7.96. The first-order valence-corrected chi connectivity index (χ1v) is 8.86. The molecule has 0 atom stereocenters. The van der Waals surface area contributed by atoms with Crippen LogP contribution in [0.2, 0.25) is 0 Å². The largest absolute Gasteiger partial charge is 0.445 e. The number of hydrogen-bond donors (Lipinski definition) is 2. The minimum Gasteiger partial charge on any atom is -0.445 e. The van der Waals surface area contributed by atoms with Gasteiger partial charge in [-0.25, -0.2) is 4.79 Å². The smallest absolute Gasteiger partial charge is 0.410 e. The summed E-state index contributed by atoms with van der Waals surface area (Å²) in [5.41, 5.74) is 1.55. The Morgan fingerprint density at radius 1 is 1.42 bits per heavy atom. The fraction of sp³-hybridized carbons (Fsp3) is 0.438. The molecule has 1 saturated heterocycles. The Morgan fingerprint density at radius 3 is 2.92 bits per heavy atom. The minimum absolute atomic E-state index is 0.124. The molecule has 2 aromatic heterocycles. The van der Waals surface area contributed by atoms with Crippen molar-refractivity contribution in [1.29, 1.82) is 0 Å². The second-order valence-electron chi connectivity index (χ2n) is 5.81. The maximum atomic E-state index is 12.0. The molecule has 2 amide bonds. The van der Waals surface area contributed by atoms with Crippen LogP contribution in [-0.2, 0) is 11.3 Å².